The van der Waals surface area contributed by atoms with E-state index in [9.17, 15) is 0 Å². The topological polar surface area (TPSA) is 28.2 Å². The van der Waals surface area contributed by atoms with E-state index in [-0.39, 0.29) is 0 Å². The maximum atomic E-state index is 6.41. The minimum atomic E-state index is 0.522. The monoisotopic (exact) mass is 281 g/mol. The summed E-state index contributed by atoms with van der Waals surface area (Å²) in [6.45, 7) is 9.53. The molecule has 2 unspecified atom stereocenters. The third-order valence-corrected chi connectivity index (χ3v) is 4.15. The predicted molar refractivity (Wildman–Crippen MR) is 81.8 cm³/mol. The molecule has 1 fully saturated rings. The molecule has 0 spiro atoms. The molecule has 0 aliphatic carbocycles. The maximum Gasteiger partial charge on any atom is 0.147 e. The van der Waals surface area contributed by atoms with Crippen LogP contribution in [0.25, 0.3) is 0 Å². The average molecular weight is 282 g/mol. The SMILES string of the molecule is CCNCc1cnc(N2CCC(C)CC2C)c(Cl)c1. The molecule has 0 amide bonds. The fourth-order valence-corrected chi connectivity index (χ4v) is 3.07. The number of piperidine rings is 1. The highest BCUT2D eigenvalue weighted by Crippen LogP contribution is 2.31. The number of pyridine rings is 1. The van der Waals surface area contributed by atoms with Gasteiger partial charge in [-0.2, -0.15) is 0 Å². The number of nitrogens with zero attached hydrogens (tertiary/aromatic N) is 2. The van der Waals surface area contributed by atoms with Crippen molar-refractivity contribution in [2.45, 2.75) is 46.2 Å². The zero-order valence-corrected chi connectivity index (χ0v) is 12.9. The molecule has 2 atom stereocenters. The second kappa shape index (κ2) is 6.58. The van der Waals surface area contributed by atoms with Crippen molar-refractivity contribution in [3.05, 3.63) is 22.8 Å². The first-order chi connectivity index (χ1) is 9.11. The first-order valence-corrected chi connectivity index (χ1v) is 7.61. The Morgan fingerprint density at radius 2 is 2.26 bits per heavy atom. The second-order valence-electron chi connectivity index (χ2n) is 5.60. The summed E-state index contributed by atoms with van der Waals surface area (Å²) in [4.78, 5) is 6.93. The highest BCUT2D eigenvalue weighted by atomic mass is 35.5. The van der Waals surface area contributed by atoms with E-state index >= 15 is 0 Å². The van der Waals surface area contributed by atoms with Crippen LogP contribution in [0.5, 0.6) is 0 Å². The van der Waals surface area contributed by atoms with Gasteiger partial charge in [-0.15, -0.1) is 0 Å². The van der Waals surface area contributed by atoms with Gasteiger partial charge in [0.05, 0.1) is 5.02 Å². The normalized spacial score (nSPS) is 23.7. The summed E-state index contributed by atoms with van der Waals surface area (Å²) in [6, 6.07) is 2.56. The van der Waals surface area contributed by atoms with Crippen LogP contribution in [-0.4, -0.2) is 24.1 Å². The lowest BCUT2D eigenvalue weighted by Gasteiger charge is -2.37. The first kappa shape index (κ1) is 14.6. The third kappa shape index (κ3) is 3.61. The Kier molecular flexibility index (Phi) is 5.06. The van der Waals surface area contributed by atoms with E-state index in [1.54, 1.807) is 0 Å². The smallest absolute Gasteiger partial charge is 0.147 e. The number of aromatic nitrogens is 1. The molecule has 19 heavy (non-hydrogen) atoms. The molecular formula is C15H24ClN3. The number of rotatable bonds is 4. The van der Waals surface area contributed by atoms with Crippen molar-refractivity contribution in [1.82, 2.24) is 10.3 Å². The van der Waals surface area contributed by atoms with Crippen molar-refractivity contribution < 1.29 is 0 Å². The van der Waals surface area contributed by atoms with Gasteiger partial charge in [-0.05, 0) is 43.9 Å². The van der Waals surface area contributed by atoms with Crippen LogP contribution in [0.1, 0.15) is 39.2 Å². The zero-order chi connectivity index (χ0) is 13.8. The molecule has 0 bridgehead atoms. The predicted octanol–water partition coefficient (Wildman–Crippen LogP) is 3.47. The molecule has 1 aromatic rings. The van der Waals surface area contributed by atoms with Gasteiger partial charge in [0.2, 0.25) is 0 Å². The van der Waals surface area contributed by atoms with E-state index in [2.05, 4.69) is 36.0 Å². The maximum absolute atomic E-state index is 6.41. The molecule has 1 N–H and O–H groups in total. The number of hydrogen-bond acceptors (Lipinski definition) is 3. The number of anilines is 1. The number of halogens is 1. The van der Waals surface area contributed by atoms with Crippen molar-refractivity contribution in [2.24, 2.45) is 5.92 Å². The largest absolute Gasteiger partial charge is 0.353 e. The lowest BCUT2D eigenvalue weighted by Crippen LogP contribution is -2.40. The first-order valence-electron chi connectivity index (χ1n) is 7.23. The van der Waals surface area contributed by atoms with Gasteiger partial charge in [-0.25, -0.2) is 4.98 Å². The number of nitrogens with one attached hydrogen (secondary N) is 1. The van der Waals surface area contributed by atoms with E-state index in [1.165, 1.54) is 12.8 Å². The van der Waals surface area contributed by atoms with Crippen LogP contribution in [0.4, 0.5) is 5.82 Å². The summed E-state index contributed by atoms with van der Waals surface area (Å²) < 4.78 is 0. The molecule has 0 radical (unpaired) electrons. The van der Waals surface area contributed by atoms with Crippen molar-refractivity contribution in [1.29, 1.82) is 0 Å². The van der Waals surface area contributed by atoms with Gasteiger partial charge >= 0.3 is 0 Å². The van der Waals surface area contributed by atoms with Gasteiger partial charge < -0.3 is 10.2 Å². The van der Waals surface area contributed by atoms with Gasteiger partial charge in [0.1, 0.15) is 5.82 Å². The second-order valence-corrected chi connectivity index (χ2v) is 6.01. The van der Waals surface area contributed by atoms with Gasteiger partial charge in [-0.3, -0.25) is 0 Å². The standard InChI is InChI=1S/C15H24ClN3/c1-4-17-9-13-8-14(16)15(18-10-13)19-6-5-11(2)7-12(19)3/h8,10-12,17H,4-7,9H2,1-3H3. The van der Waals surface area contributed by atoms with Gasteiger partial charge in [-0.1, -0.05) is 25.4 Å². The fraction of sp³-hybridized carbons (Fsp3) is 0.667. The third-order valence-electron chi connectivity index (χ3n) is 3.87. The Morgan fingerprint density at radius 3 is 2.89 bits per heavy atom. The Hall–Kier alpha value is -0.800. The van der Waals surface area contributed by atoms with E-state index in [1.807, 2.05) is 12.3 Å². The molecule has 1 aliphatic heterocycles. The van der Waals surface area contributed by atoms with Crippen LogP contribution in [0.2, 0.25) is 5.02 Å². The van der Waals surface area contributed by atoms with Gasteiger partial charge in [0, 0.05) is 25.3 Å². The van der Waals surface area contributed by atoms with Gasteiger partial charge in [0.25, 0.3) is 0 Å². The number of hydrogen-bond donors (Lipinski definition) is 1. The van der Waals surface area contributed by atoms with Crippen LogP contribution in [0, 0.1) is 5.92 Å². The van der Waals surface area contributed by atoms with Crippen molar-refractivity contribution in [3.63, 3.8) is 0 Å². The fourth-order valence-electron chi connectivity index (χ4n) is 2.77. The summed E-state index contributed by atoms with van der Waals surface area (Å²) >= 11 is 6.41. The molecule has 4 heteroatoms. The molecule has 2 rings (SSSR count). The Balaban J connectivity index is 2.12. The highest BCUT2D eigenvalue weighted by Gasteiger charge is 2.25. The highest BCUT2D eigenvalue weighted by molar-refractivity contribution is 6.33. The Labute approximate surface area is 121 Å². The van der Waals surface area contributed by atoms with Crippen LogP contribution >= 0.6 is 11.6 Å². The van der Waals surface area contributed by atoms with Crippen molar-refractivity contribution in [3.8, 4) is 0 Å². The molecule has 1 saturated heterocycles. The molecule has 3 nitrogen and oxygen atoms in total. The summed E-state index contributed by atoms with van der Waals surface area (Å²) in [5, 5.41) is 4.07. The molecule has 2 heterocycles. The molecule has 106 valence electrons. The summed E-state index contributed by atoms with van der Waals surface area (Å²) in [6.07, 6.45) is 4.38. The summed E-state index contributed by atoms with van der Waals surface area (Å²) in [5.41, 5.74) is 1.15. The quantitative estimate of drug-likeness (QED) is 0.916. The van der Waals surface area contributed by atoms with E-state index in [4.69, 9.17) is 11.6 Å². The van der Waals surface area contributed by atoms with Crippen LogP contribution in [0.15, 0.2) is 12.3 Å². The molecular weight excluding hydrogens is 258 g/mol. The Morgan fingerprint density at radius 1 is 1.47 bits per heavy atom. The lowest BCUT2D eigenvalue weighted by atomic mass is 9.93. The lowest BCUT2D eigenvalue weighted by molar-refractivity contribution is 0.376. The molecule has 0 saturated carbocycles. The zero-order valence-electron chi connectivity index (χ0n) is 12.1. The van der Waals surface area contributed by atoms with Crippen molar-refractivity contribution >= 4 is 17.4 Å². The minimum absolute atomic E-state index is 0.522. The summed E-state index contributed by atoms with van der Waals surface area (Å²) in [5.74, 6) is 1.75. The summed E-state index contributed by atoms with van der Waals surface area (Å²) in [7, 11) is 0. The van der Waals surface area contributed by atoms with Crippen LogP contribution in [0.3, 0.4) is 0 Å². The minimum Gasteiger partial charge on any atom is -0.353 e. The van der Waals surface area contributed by atoms with E-state index < -0.39 is 0 Å². The van der Waals surface area contributed by atoms with E-state index in [0.717, 1.165) is 42.0 Å². The average Bonchev–Trinajstić information content (AvgIpc) is 2.37. The van der Waals surface area contributed by atoms with Gasteiger partial charge in [0.15, 0.2) is 0 Å². The Bertz CT molecular complexity index is 422. The van der Waals surface area contributed by atoms with Crippen LogP contribution in [-0.2, 0) is 6.54 Å². The van der Waals surface area contributed by atoms with E-state index in [0.29, 0.717) is 6.04 Å². The molecule has 0 aromatic carbocycles. The molecule has 1 aliphatic rings. The van der Waals surface area contributed by atoms with Crippen molar-refractivity contribution in [2.75, 3.05) is 18.0 Å². The van der Waals surface area contributed by atoms with Crippen LogP contribution < -0.4 is 10.2 Å². The molecule has 1 aromatic heterocycles.